The summed E-state index contributed by atoms with van der Waals surface area (Å²) in [4.78, 5) is 0. The molecule has 1 heterocycles. The van der Waals surface area contributed by atoms with Gasteiger partial charge in [-0.2, -0.15) is 18.3 Å². The first kappa shape index (κ1) is 18.2. The van der Waals surface area contributed by atoms with Crippen molar-refractivity contribution in [2.75, 3.05) is 0 Å². The van der Waals surface area contributed by atoms with Gasteiger partial charge in [-0.1, -0.05) is 30.3 Å². The number of H-pyrrole nitrogens is 1. The number of rotatable bonds is 5. The number of aromatic amines is 1. The average Bonchev–Trinajstić information content (AvgIpc) is 3.05. The fourth-order valence-electron chi connectivity index (χ4n) is 2.87. The van der Waals surface area contributed by atoms with Crippen molar-refractivity contribution in [2.24, 2.45) is 0 Å². The van der Waals surface area contributed by atoms with Crippen molar-refractivity contribution in [2.45, 2.75) is 33.1 Å². The zero-order valence-electron chi connectivity index (χ0n) is 14.6. The third-order valence-corrected chi connectivity index (χ3v) is 4.47. The molecule has 0 fully saturated rings. The summed E-state index contributed by atoms with van der Waals surface area (Å²) >= 11 is 0. The van der Waals surface area contributed by atoms with Gasteiger partial charge in [-0.25, -0.2) is 0 Å². The molecule has 26 heavy (non-hydrogen) atoms. The quantitative estimate of drug-likeness (QED) is 0.673. The fourth-order valence-corrected chi connectivity index (χ4v) is 2.87. The molecule has 2 N–H and O–H groups in total. The zero-order valence-corrected chi connectivity index (χ0v) is 14.6. The van der Waals surface area contributed by atoms with Crippen molar-refractivity contribution in [1.29, 1.82) is 0 Å². The molecule has 0 aliphatic rings. The molecule has 1 aromatic heterocycles. The van der Waals surface area contributed by atoms with Crippen LogP contribution in [0.4, 0.5) is 13.2 Å². The molecule has 0 bridgehead atoms. The van der Waals surface area contributed by atoms with E-state index in [-0.39, 0.29) is 12.1 Å². The van der Waals surface area contributed by atoms with E-state index in [9.17, 15) is 13.2 Å². The normalized spacial score (nSPS) is 11.7. The number of benzene rings is 2. The largest absolute Gasteiger partial charge is 0.416 e. The standard InChI is InChI=1S/C20H20F3N3/c1-13-7-8-15(9-14(13)2)19-17(12-25-26-19)11-24-10-16-5-3-4-6-18(16)20(21,22)23/h3-9,12,24H,10-11H2,1-2H3,(H,25,26). The molecular formula is C20H20F3N3. The van der Waals surface area contributed by atoms with Crippen LogP contribution in [0.25, 0.3) is 11.3 Å². The van der Waals surface area contributed by atoms with Gasteiger partial charge in [-0.3, -0.25) is 5.10 Å². The monoisotopic (exact) mass is 359 g/mol. The number of nitrogens with one attached hydrogen (secondary N) is 2. The van der Waals surface area contributed by atoms with Crippen LogP contribution in [0.15, 0.2) is 48.7 Å². The van der Waals surface area contributed by atoms with Crippen LogP contribution in [0.2, 0.25) is 0 Å². The van der Waals surface area contributed by atoms with E-state index >= 15 is 0 Å². The topological polar surface area (TPSA) is 40.7 Å². The van der Waals surface area contributed by atoms with E-state index < -0.39 is 11.7 Å². The van der Waals surface area contributed by atoms with Gasteiger partial charge >= 0.3 is 6.18 Å². The Bertz CT molecular complexity index is 897. The molecule has 3 nitrogen and oxygen atoms in total. The zero-order chi connectivity index (χ0) is 18.7. The van der Waals surface area contributed by atoms with Gasteiger partial charge in [0, 0.05) is 24.2 Å². The van der Waals surface area contributed by atoms with Crippen LogP contribution in [0.3, 0.4) is 0 Å². The van der Waals surface area contributed by atoms with Gasteiger partial charge in [0.2, 0.25) is 0 Å². The van der Waals surface area contributed by atoms with Crippen LogP contribution in [0.1, 0.15) is 27.8 Å². The van der Waals surface area contributed by atoms with E-state index in [1.54, 1.807) is 12.3 Å². The number of aryl methyl sites for hydroxylation is 2. The summed E-state index contributed by atoms with van der Waals surface area (Å²) in [6.45, 7) is 4.64. The van der Waals surface area contributed by atoms with Crippen molar-refractivity contribution in [3.8, 4) is 11.3 Å². The molecule has 0 unspecified atom stereocenters. The molecule has 0 radical (unpaired) electrons. The Labute approximate surface area is 150 Å². The van der Waals surface area contributed by atoms with Gasteiger partial charge in [-0.05, 0) is 42.7 Å². The summed E-state index contributed by atoms with van der Waals surface area (Å²) in [7, 11) is 0. The molecule has 0 saturated carbocycles. The lowest BCUT2D eigenvalue weighted by molar-refractivity contribution is -0.138. The maximum atomic E-state index is 13.1. The molecule has 2 aromatic carbocycles. The van der Waals surface area contributed by atoms with Gasteiger partial charge in [0.15, 0.2) is 0 Å². The summed E-state index contributed by atoms with van der Waals surface area (Å²) in [5, 5.41) is 10.2. The minimum atomic E-state index is -4.35. The third-order valence-electron chi connectivity index (χ3n) is 4.47. The van der Waals surface area contributed by atoms with Crippen LogP contribution in [0.5, 0.6) is 0 Å². The number of alkyl halides is 3. The molecular weight excluding hydrogens is 339 g/mol. The van der Waals surface area contributed by atoms with E-state index in [4.69, 9.17) is 0 Å². The number of hydrogen-bond acceptors (Lipinski definition) is 2. The van der Waals surface area contributed by atoms with Gasteiger partial charge in [0.1, 0.15) is 0 Å². The highest BCUT2D eigenvalue weighted by Crippen LogP contribution is 2.32. The van der Waals surface area contributed by atoms with E-state index in [0.717, 1.165) is 22.9 Å². The van der Waals surface area contributed by atoms with Gasteiger partial charge in [0.25, 0.3) is 0 Å². The Balaban J connectivity index is 1.73. The Kier molecular flexibility index (Phi) is 5.13. The number of nitrogens with zero attached hydrogens (tertiary/aromatic N) is 1. The molecule has 0 aliphatic heterocycles. The maximum absolute atomic E-state index is 13.1. The molecule has 0 spiro atoms. The first-order chi connectivity index (χ1) is 12.4. The number of hydrogen-bond donors (Lipinski definition) is 2. The van der Waals surface area contributed by atoms with E-state index in [1.165, 1.54) is 23.3 Å². The molecule has 0 atom stereocenters. The van der Waals surface area contributed by atoms with Crippen molar-refractivity contribution in [3.63, 3.8) is 0 Å². The molecule has 136 valence electrons. The molecule has 0 saturated heterocycles. The van der Waals surface area contributed by atoms with Crippen LogP contribution >= 0.6 is 0 Å². The Morgan fingerprint density at radius 1 is 0.962 bits per heavy atom. The molecule has 0 amide bonds. The number of aromatic nitrogens is 2. The average molecular weight is 359 g/mol. The highest BCUT2D eigenvalue weighted by atomic mass is 19.4. The van der Waals surface area contributed by atoms with E-state index in [2.05, 4.69) is 21.6 Å². The first-order valence-electron chi connectivity index (χ1n) is 8.32. The highest BCUT2D eigenvalue weighted by Gasteiger charge is 2.32. The van der Waals surface area contributed by atoms with Crippen LogP contribution < -0.4 is 5.32 Å². The minimum absolute atomic E-state index is 0.132. The summed E-state index contributed by atoms with van der Waals surface area (Å²) in [6.07, 6.45) is -2.65. The van der Waals surface area contributed by atoms with Crippen LogP contribution in [-0.2, 0) is 19.3 Å². The summed E-state index contributed by atoms with van der Waals surface area (Å²) in [5.41, 5.74) is 4.82. The third kappa shape index (κ3) is 3.96. The summed E-state index contributed by atoms with van der Waals surface area (Å²) in [6, 6.07) is 11.8. The second-order valence-electron chi connectivity index (χ2n) is 6.33. The first-order valence-corrected chi connectivity index (χ1v) is 8.32. The lowest BCUT2D eigenvalue weighted by Gasteiger charge is -2.13. The second kappa shape index (κ2) is 7.33. The van der Waals surface area contributed by atoms with Crippen LogP contribution in [-0.4, -0.2) is 10.2 Å². The van der Waals surface area contributed by atoms with Crippen LogP contribution in [0, 0.1) is 13.8 Å². The summed E-state index contributed by atoms with van der Waals surface area (Å²) < 4.78 is 39.2. The number of halogens is 3. The van der Waals surface area contributed by atoms with Crippen molar-refractivity contribution >= 4 is 0 Å². The predicted molar refractivity (Wildman–Crippen MR) is 95.5 cm³/mol. The maximum Gasteiger partial charge on any atom is 0.416 e. The minimum Gasteiger partial charge on any atom is -0.308 e. The Morgan fingerprint density at radius 2 is 1.69 bits per heavy atom. The van der Waals surface area contributed by atoms with Crippen molar-refractivity contribution < 1.29 is 13.2 Å². The summed E-state index contributed by atoms with van der Waals surface area (Å²) in [5.74, 6) is 0. The smallest absolute Gasteiger partial charge is 0.308 e. The Morgan fingerprint density at radius 3 is 2.42 bits per heavy atom. The van der Waals surface area contributed by atoms with Gasteiger partial charge < -0.3 is 5.32 Å². The van der Waals surface area contributed by atoms with Gasteiger partial charge in [-0.15, -0.1) is 0 Å². The van der Waals surface area contributed by atoms with E-state index in [0.29, 0.717) is 6.54 Å². The SMILES string of the molecule is Cc1ccc(-c2[nH]ncc2CNCc2ccccc2C(F)(F)F)cc1C. The molecule has 3 rings (SSSR count). The van der Waals surface area contributed by atoms with E-state index in [1.807, 2.05) is 26.0 Å². The molecule has 3 aromatic rings. The molecule has 6 heteroatoms. The lowest BCUT2D eigenvalue weighted by Crippen LogP contribution is -2.17. The van der Waals surface area contributed by atoms with Crippen molar-refractivity contribution in [3.05, 3.63) is 76.5 Å². The lowest BCUT2D eigenvalue weighted by atomic mass is 10.0. The highest BCUT2D eigenvalue weighted by molar-refractivity contribution is 5.64. The molecule has 0 aliphatic carbocycles. The fraction of sp³-hybridized carbons (Fsp3) is 0.250. The predicted octanol–water partition coefficient (Wildman–Crippen LogP) is 5.00. The Hall–Kier alpha value is -2.60. The second-order valence-corrected chi connectivity index (χ2v) is 6.33. The van der Waals surface area contributed by atoms with Crippen molar-refractivity contribution in [1.82, 2.24) is 15.5 Å². The van der Waals surface area contributed by atoms with Gasteiger partial charge in [0.05, 0.1) is 17.5 Å².